The third kappa shape index (κ3) is 6.47. The van der Waals surface area contributed by atoms with Crippen molar-refractivity contribution < 1.29 is 28.9 Å². The number of aryl methyl sites for hydroxylation is 2. The largest absolute Gasteiger partial charge is 0.504 e. The van der Waals surface area contributed by atoms with Gasteiger partial charge in [-0.05, 0) is 42.2 Å². The highest BCUT2D eigenvalue weighted by molar-refractivity contribution is 6.11. The minimum absolute atomic E-state index is 0.0452. The number of aromatic hydroxyl groups is 1. The van der Waals surface area contributed by atoms with Crippen molar-refractivity contribution in [1.29, 1.82) is 0 Å². The number of benzene rings is 2. The summed E-state index contributed by atoms with van der Waals surface area (Å²) >= 11 is 0. The number of hydrogen-bond donors (Lipinski definition) is 3. The highest BCUT2D eigenvalue weighted by Gasteiger charge is 2.26. The van der Waals surface area contributed by atoms with Gasteiger partial charge in [0, 0.05) is 25.6 Å². The molecule has 39 heavy (non-hydrogen) atoms. The van der Waals surface area contributed by atoms with Crippen molar-refractivity contribution in [3.05, 3.63) is 77.6 Å². The van der Waals surface area contributed by atoms with Crippen LogP contribution in [0.2, 0.25) is 0 Å². The van der Waals surface area contributed by atoms with Gasteiger partial charge in [-0.1, -0.05) is 36.4 Å². The van der Waals surface area contributed by atoms with Crippen LogP contribution in [0.5, 0.6) is 11.5 Å². The Morgan fingerprint density at radius 2 is 1.82 bits per heavy atom. The molecule has 0 aliphatic rings. The van der Waals surface area contributed by atoms with Crippen LogP contribution in [0.1, 0.15) is 28.0 Å². The highest BCUT2D eigenvalue weighted by Crippen LogP contribution is 2.33. The number of fused-ring (bicyclic) bond motifs is 1. The van der Waals surface area contributed by atoms with E-state index in [0.29, 0.717) is 41.2 Å². The zero-order valence-corrected chi connectivity index (χ0v) is 22.2. The Morgan fingerprint density at radius 3 is 2.51 bits per heavy atom. The lowest BCUT2D eigenvalue weighted by Crippen LogP contribution is -2.20. The quantitative estimate of drug-likeness (QED) is 0.230. The molecular weight excluding hydrogens is 500 g/mol. The standard InChI is InChI=1S/C29H32N4O6/c1-37-18-25(35)32-26-22-15-21(30-16-20-11-12-24(38-2)23(34)14-20)17-31-28(22)33(27(26)29(36)39-3)13-7-10-19-8-5-4-6-9-19/h4-6,8-9,11-12,14-15,17,30,34H,7,10,13,16,18H2,1-3H3,(H,32,35). The average Bonchev–Trinajstić information content (AvgIpc) is 3.24. The van der Waals surface area contributed by atoms with Crippen molar-refractivity contribution >= 4 is 34.3 Å². The Kier molecular flexibility index (Phi) is 9.01. The normalized spacial score (nSPS) is 10.8. The number of methoxy groups -OCH3 is 3. The number of carbonyl (C=O) groups is 2. The van der Waals surface area contributed by atoms with E-state index in [1.54, 1.807) is 22.9 Å². The number of rotatable bonds is 12. The summed E-state index contributed by atoms with van der Waals surface area (Å²) in [5.41, 5.74) is 3.76. The van der Waals surface area contributed by atoms with E-state index < -0.39 is 11.9 Å². The number of nitrogens with one attached hydrogen (secondary N) is 2. The molecule has 10 nitrogen and oxygen atoms in total. The molecule has 0 bridgehead atoms. The number of esters is 1. The summed E-state index contributed by atoms with van der Waals surface area (Å²) in [7, 11) is 4.22. The second-order valence-corrected chi connectivity index (χ2v) is 8.89. The van der Waals surface area contributed by atoms with E-state index in [2.05, 4.69) is 27.8 Å². The fourth-order valence-corrected chi connectivity index (χ4v) is 4.42. The maximum absolute atomic E-state index is 13.0. The lowest BCUT2D eigenvalue weighted by Gasteiger charge is -2.11. The molecular formula is C29H32N4O6. The number of ether oxygens (including phenoxy) is 3. The van der Waals surface area contributed by atoms with Gasteiger partial charge in [0.2, 0.25) is 5.91 Å². The van der Waals surface area contributed by atoms with E-state index in [4.69, 9.17) is 14.2 Å². The van der Waals surface area contributed by atoms with Crippen LogP contribution in [0.4, 0.5) is 11.4 Å². The van der Waals surface area contributed by atoms with E-state index in [9.17, 15) is 14.7 Å². The molecule has 0 saturated heterocycles. The number of nitrogens with zero attached hydrogens (tertiary/aromatic N) is 2. The van der Waals surface area contributed by atoms with Gasteiger partial charge in [0.25, 0.3) is 0 Å². The molecule has 2 aromatic carbocycles. The van der Waals surface area contributed by atoms with Gasteiger partial charge in [0.05, 0.1) is 31.8 Å². The Balaban J connectivity index is 1.68. The molecule has 0 spiro atoms. The fourth-order valence-electron chi connectivity index (χ4n) is 4.42. The molecule has 10 heteroatoms. The molecule has 204 valence electrons. The molecule has 0 aliphatic heterocycles. The van der Waals surface area contributed by atoms with Crippen LogP contribution >= 0.6 is 0 Å². The van der Waals surface area contributed by atoms with Crippen LogP contribution in [-0.2, 0) is 33.8 Å². The summed E-state index contributed by atoms with van der Waals surface area (Å²) in [5.74, 6) is -0.548. The maximum atomic E-state index is 13.0. The van der Waals surface area contributed by atoms with Gasteiger partial charge in [-0.3, -0.25) is 4.79 Å². The molecule has 1 amide bonds. The Hall–Kier alpha value is -4.57. The maximum Gasteiger partial charge on any atom is 0.356 e. The SMILES string of the molecule is COCC(=O)Nc1c(C(=O)OC)n(CCCc2ccccc2)c2ncc(NCc3ccc(OC)c(O)c3)cc12. The van der Waals surface area contributed by atoms with Gasteiger partial charge in [-0.25, -0.2) is 9.78 Å². The van der Waals surface area contributed by atoms with E-state index in [1.807, 2.05) is 30.3 Å². The zero-order chi connectivity index (χ0) is 27.8. The Labute approximate surface area is 226 Å². The highest BCUT2D eigenvalue weighted by atomic mass is 16.5. The molecule has 4 aromatic rings. The molecule has 2 heterocycles. The number of phenols is 1. The topological polar surface area (TPSA) is 124 Å². The smallest absolute Gasteiger partial charge is 0.356 e. The number of phenolic OH excluding ortho intramolecular Hbond substituents is 1. The number of hydrogen-bond acceptors (Lipinski definition) is 8. The number of aromatic nitrogens is 2. The fraction of sp³-hybridized carbons (Fsp3) is 0.276. The summed E-state index contributed by atoms with van der Waals surface area (Å²) in [4.78, 5) is 30.2. The van der Waals surface area contributed by atoms with Gasteiger partial charge in [0.1, 0.15) is 12.3 Å². The summed E-state index contributed by atoms with van der Waals surface area (Å²) in [5, 5.41) is 16.8. The number of pyridine rings is 1. The van der Waals surface area contributed by atoms with E-state index in [0.717, 1.165) is 18.4 Å². The van der Waals surface area contributed by atoms with Crippen LogP contribution in [0.15, 0.2) is 60.8 Å². The molecule has 0 aliphatic carbocycles. The summed E-state index contributed by atoms with van der Waals surface area (Å²) in [6.45, 7) is 0.715. The van der Waals surface area contributed by atoms with Crippen molar-refractivity contribution in [2.24, 2.45) is 0 Å². The lowest BCUT2D eigenvalue weighted by atomic mass is 10.1. The monoisotopic (exact) mass is 532 g/mol. The second kappa shape index (κ2) is 12.8. The van der Waals surface area contributed by atoms with Crippen molar-refractivity contribution in [2.75, 3.05) is 38.6 Å². The third-order valence-electron chi connectivity index (χ3n) is 6.25. The van der Waals surface area contributed by atoms with Crippen LogP contribution < -0.4 is 15.4 Å². The number of amides is 1. The Bertz CT molecular complexity index is 1450. The number of carbonyl (C=O) groups excluding carboxylic acids is 2. The van der Waals surface area contributed by atoms with Gasteiger partial charge >= 0.3 is 5.97 Å². The zero-order valence-electron chi connectivity index (χ0n) is 22.2. The van der Waals surface area contributed by atoms with Crippen LogP contribution in [0.3, 0.4) is 0 Å². The molecule has 0 radical (unpaired) electrons. The molecule has 3 N–H and O–H groups in total. The summed E-state index contributed by atoms with van der Waals surface area (Å²) < 4.78 is 17.0. The second-order valence-electron chi connectivity index (χ2n) is 8.89. The van der Waals surface area contributed by atoms with Crippen LogP contribution in [0.25, 0.3) is 11.0 Å². The first kappa shape index (κ1) is 27.5. The molecule has 0 fully saturated rings. The van der Waals surface area contributed by atoms with Crippen molar-refractivity contribution in [3.63, 3.8) is 0 Å². The summed E-state index contributed by atoms with van der Waals surface area (Å²) in [6.07, 6.45) is 3.22. The first-order valence-corrected chi connectivity index (χ1v) is 12.5. The first-order chi connectivity index (χ1) is 18.9. The van der Waals surface area contributed by atoms with Crippen molar-refractivity contribution in [3.8, 4) is 11.5 Å². The molecule has 0 saturated carbocycles. The van der Waals surface area contributed by atoms with Gasteiger partial charge in [0.15, 0.2) is 17.2 Å². The van der Waals surface area contributed by atoms with Crippen LogP contribution in [0, 0.1) is 0 Å². The predicted octanol–water partition coefficient (Wildman–Crippen LogP) is 4.37. The van der Waals surface area contributed by atoms with E-state index in [1.165, 1.54) is 26.9 Å². The van der Waals surface area contributed by atoms with E-state index >= 15 is 0 Å². The van der Waals surface area contributed by atoms with Crippen molar-refractivity contribution in [2.45, 2.75) is 25.9 Å². The van der Waals surface area contributed by atoms with E-state index in [-0.39, 0.29) is 18.1 Å². The predicted molar refractivity (Wildman–Crippen MR) is 148 cm³/mol. The van der Waals surface area contributed by atoms with Gasteiger partial charge in [-0.15, -0.1) is 0 Å². The van der Waals surface area contributed by atoms with Gasteiger partial charge < -0.3 is 34.5 Å². The minimum atomic E-state index is -0.580. The minimum Gasteiger partial charge on any atom is -0.504 e. The molecule has 2 aromatic heterocycles. The molecule has 4 rings (SSSR count). The Morgan fingerprint density at radius 1 is 1.03 bits per heavy atom. The lowest BCUT2D eigenvalue weighted by molar-refractivity contribution is -0.119. The van der Waals surface area contributed by atoms with Crippen LogP contribution in [-0.4, -0.2) is 54.5 Å². The average molecular weight is 533 g/mol. The molecule has 0 atom stereocenters. The number of anilines is 2. The summed E-state index contributed by atoms with van der Waals surface area (Å²) in [6, 6.07) is 17.1. The first-order valence-electron chi connectivity index (χ1n) is 12.5. The molecule has 0 unspecified atom stereocenters. The van der Waals surface area contributed by atoms with Crippen molar-refractivity contribution in [1.82, 2.24) is 9.55 Å². The van der Waals surface area contributed by atoms with Gasteiger partial charge in [-0.2, -0.15) is 0 Å². The third-order valence-corrected chi connectivity index (χ3v) is 6.25.